The maximum Gasteiger partial charge on any atom is 0.320 e. The lowest BCUT2D eigenvalue weighted by Crippen LogP contribution is -2.43. The van der Waals surface area contributed by atoms with Gasteiger partial charge in [-0.15, -0.1) is 0 Å². The summed E-state index contributed by atoms with van der Waals surface area (Å²) in [6.07, 6.45) is -1.10. The molecule has 0 aromatic rings. The molecule has 0 saturated carbocycles. The van der Waals surface area contributed by atoms with E-state index in [1.807, 2.05) is 13.8 Å². The molecule has 1 aliphatic heterocycles. The van der Waals surface area contributed by atoms with Gasteiger partial charge in [0, 0.05) is 13.3 Å². The third kappa shape index (κ3) is 2.72. The van der Waals surface area contributed by atoms with Crippen molar-refractivity contribution in [2.45, 2.75) is 39.4 Å². The number of ether oxygens (including phenoxy) is 2. The minimum Gasteiger partial charge on any atom is -0.422 e. The molecule has 0 bridgehead atoms. The van der Waals surface area contributed by atoms with E-state index in [0.717, 1.165) is 0 Å². The topological polar surface area (TPSA) is 52.6 Å². The number of hydrogen-bond donors (Lipinski definition) is 0. The highest BCUT2D eigenvalue weighted by atomic mass is 16.7. The number of carbonyl (C=O) groups excluding carboxylic acids is 2. The minimum atomic E-state index is -1.55. The van der Waals surface area contributed by atoms with Crippen LogP contribution in [0, 0.1) is 5.92 Å². The number of carbonyl (C=O) groups is 2. The lowest BCUT2D eigenvalue weighted by atomic mass is 10.0. The Kier molecular flexibility index (Phi) is 2.20. The highest BCUT2D eigenvalue weighted by Crippen LogP contribution is 2.26. The van der Waals surface area contributed by atoms with Gasteiger partial charge >= 0.3 is 11.9 Å². The minimum absolute atomic E-state index is 0.239. The Morgan fingerprint density at radius 1 is 1.46 bits per heavy atom. The van der Waals surface area contributed by atoms with Crippen LogP contribution < -0.4 is 0 Å². The van der Waals surface area contributed by atoms with Gasteiger partial charge in [0.25, 0.3) is 5.79 Å². The van der Waals surface area contributed by atoms with E-state index in [4.69, 9.17) is 10.8 Å². The normalized spacial score (nSPS) is 35.4. The van der Waals surface area contributed by atoms with Crippen LogP contribution in [0.2, 0.25) is 0 Å². The van der Waals surface area contributed by atoms with Crippen molar-refractivity contribution in [2.75, 3.05) is 0 Å². The van der Waals surface area contributed by atoms with Gasteiger partial charge in [-0.2, -0.15) is 0 Å². The predicted molar refractivity (Wildman–Crippen MR) is 44.7 cm³/mol. The van der Waals surface area contributed by atoms with Crippen molar-refractivity contribution in [3.8, 4) is 0 Å². The molecule has 0 unspecified atom stereocenters. The van der Waals surface area contributed by atoms with Crippen molar-refractivity contribution in [2.24, 2.45) is 5.92 Å². The molecule has 1 aliphatic rings. The largest absolute Gasteiger partial charge is 0.422 e. The first-order chi connectivity index (χ1) is 6.34. The summed E-state index contributed by atoms with van der Waals surface area (Å²) in [4.78, 5) is 22.2. The summed E-state index contributed by atoms with van der Waals surface area (Å²) in [6.45, 7) is 5.40. The zero-order valence-corrected chi connectivity index (χ0v) is 7.99. The van der Waals surface area contributed by atoms with Gasteiger partial charge in [0.05, 0.1) is 1.37 Å². The van der Waals surface area contributed by atoms with E-state index in [2.05, 4.69) is 0 Å². The number of esters is 2. The molecule has 1 fully saturated rings. The monoisotopic (exact) mass is 187 g/mol. The van der Waals surface area contributed by atoms with E-state index >= 15 is 0 Å². The van der Waals surface area contributed by atoms with Gasteiger partial charge in [0.1, 0.15) is 6.40 Å². The average Bonchev–Trinajstić information content (AvgIpc) is 1.97. The Labute approximate surface area is 78.6 Å². The molecule has 0 radical (unpaired) electrons. The van der Waals surface area contributed by atoms with E-state index in [1.54, 1.807) is 0 Å². The van der Waals surface area contributed by atoms with E-state index in [1.165, 1.54) is 6.92 Å². The molecule has 13 heavy (non-hydrogen) atoms. The summed E-state index contributed by atoms with van der Waals surface area (Å²) in [5, 5.41) is 0. The van der Waals surface area contributed by atoms with E-state index < -0.39 is 24.1 Å². The molecule has 0 amide bonds. The summed E-state index contributed by atoms with van der Waals surface area (Å²) in [6, 6.07) is 0. The van der Waals surface area contributed by atoms with Crippen molar-refractivity contribution >= 4 is 11.9 Å². The van der Waals surface area contributed by atoms with Crippen molar-refractivity contribution in [3.05, 3.63) is 0 Å². The fourth-order valence-electron chi connectivity index (χ4n) is 1.43. The van der Waals surface area contributed by atoms with Crippen LogP contribution in [-0.4, -0.2) is 17.7 Å². The molecular formula is C9H14O4. The molecule has 0 atom stereocenters. The second-order valence-corrected chi connectivity index (χ2v) is 3.72. The molecule has 74 valence electrons. The summed E-state index contributed by atoms with van der Waals surface area (Å²) >= 11 is 0. The molecule has 0 aliphatic carbocycles. The summed E-state index contributed by atoms with van der Waals surface area (Å²) in [5.74, 6) is -2.61. The fraction of sp³-hybridized carbons (Fsp3) is 0.778. The lowest BCUT2D eigenvalue weighted by molar-refractivity contribution is -0.241. The zero-order chi connectivity index (χ0) is 10.9. The first kappa shape index (κ1) is 8.53. The second kappa shape index (κ2) is 3.36. The lowest BCUT2D eigenvalue weighted by Gasteiger charge is -2.33. The molecule has 0 N–H and O–H groups in total. The first-order valence-electron chi connectivity index (χ1n) is 4.80. The van der Waals surface area contributed by atoms with Gasteiger partial charge in [-0.05, 0) is 5.92 Å². The zero-order valence-electron chi connectivity index (χ0n) is 8.99. The average molecular weight is 187 g/mol. The Bertz CT molecular complexity index is 244. The maximum absolute atomic E-state index is 11.1. The Hall–Kier alpha value is -1.06. The van der Waals surface area contributed by atoms with E-state index in [9.17, 15) is 9.59 Å². The van der Waals surface area contributed by atoms with Crippen LogP contribution in [0.5, 0.6) is 0 Å². The number of cyclic esters (lactones) is 2. The standard InChI is InChI=1S/C9H14O4/c1-6(2)5-9(3)12-7(10)4-8(11)13-9/h6H,4-5H2,1-3H3/i4D. The quantitative estimate of drug-likeness (QED) is 0.482. The molecule has 1 rings (SSSR count). The van der Waals surface area contributed by atoms with E-state index in [0.29, 0.717) is 6.42 Å². The van der Waals surface area contributed by atoms with Gasteiger partial charge in [0.15, 0.2) is 0 Å². The van der Waals surface area contributed by atoms with E-state index in [-0.39, 0.29) is 5.92 Å². The van der Waals surface area contributed by atoms with Gasteiger partial charge in [0.2, 0.25) is 0 Å². The maximum atomic E-state index is 11.1. The Morgan fingerprint density at radius 2 is 1.92 bits per heavy atom. The van der Waals surface area contributed by atoms with Crippen LogP contribution in [0.4, 0.5) is 0 Å². The molecule has 1 heterocycles. The van der Waals surface area contributed by atoms with Gasteiger partial charge in [-0.1, -0.05) is 13.8 Å². The summed E-state index contributed by atoms with van der Waals surface area (Å²) < 4.78 is 16.9. The molecule has 1 saturated heterocycles. The Balaban J connectivity index is 2.74. The third-order valence-electron chi connectivity index (χ3n) is 1.65. The number of hydrogen-bond acceptors (Lipinski definition) is 4. The predicted octanol–water partition coefficient (Wildman–Crippen LogP) is 1.24. The van der Waals surface area contributed by atoms with Crippen LogP contribution in [0.15, 0.2) is 0 Å². The van der Waals surface area contributed by atoms with Crippen molar-refractivity contribution in [1.82, 2.24) is 0 Å². The van der Waals surface area contributed by atoms with Crippen LogP contribution in [0.1, 0.15) is 35.0 Å². The van der Waals surface area contributed by atoms with Crippen LogP contribution >= 0.6 is 0 Å². The Morgan fingerprint density at radius 3 is 2.31 bits per heavy atom. The third-order valence-corrected chi connectivity index (χ3v) is 1.65. The van der Waals surface area contributed by atoms with Crippen molar-refractivity contribution in [3.63, 3.8) is 0 Å². The van der Waals surface area contributed by atoms with Crippen LogP contribution in [0.3, 0.4) is 0 Å². The van der Waals surface area contributed by atoms with Gasteiger partial charge < -0.3 is 9.47 Å². The highest BCUT2D eigenvalue weighted by molar-refractivity contribution is 5.93. The summed E-state index contributed by atoms with van der Waals surface area (Å²) in [5.41, 5.74) is 0. The van der Waals surface area contributed by atoms with Crippen LogP contribution in [-0.2, 0) is 19.1 Å². The molecule has 0 spiro atoms. The SMILES string of the molecule is [2H]C1C(=O)OC(C)(CC(C)C)OC1=O. The molecule has 0 aromatic heterocycles. The first-order valence-corrected chi connectivity index (χ1v) is 4.22. The van der Waals surface area contributed by atoms with Crippen LogP contribution in [0.25, 0.3) is 0 Å². The smallest absolute Gasteiger partial charge is 0.320 e. The van der Waals surface area contributed by atoms with Crippen molar-refractivity contribution in [1.29, 1.82) is 0 Å². The van der Waals surface area contributed by atoms with Gasteiger partial charge in [-0.25, -0.2) is 0 Å². The highest BCUT2D eigenvalue weighted by Gasteiger charge is 2.39. The molecule has 0 aromatic carbocycles. The fourth-order valence-corrected chi connectivity index (χ4v) is 1.43. The van der Waals surface area contributed by atoms with Crippen molar-refractivity contribution < 1.29 is 20.4 Å². The van der Waals surface area contributed by atoms with Gasteiger partial charge in [-0.3, -0.25) is 9.59 Å². The molecule has 4 heteroatoms. The second-order valence-electron chi connectivity index (χ2n) is 3.72. The molecular weight excluding hydrogens is 172 g/mol. The molecule has 4 nitrogen and oxygen atoms in total. The number of rotatable bonds is 2. The summed E-state index contributed by atoms with van der Waals surface area (Å²) in [7, 11) is 0.